The van der Waals surface area contributed by atoms with Gasteiger partial charge in [0, 0.05) is 21.7 Å². The Kier molecular flexibility index (Phi) is 7.51. The SMILES string of the molecule is N#Cc1c(N[C@H](NNC(=O)c2ccccc2)c2ccc(Cl)cc2)oc(-c2ccccc2)c1-c1ccccc1. The van der Waals surface area contributed by atoms with E-state index >= 15 is 0 Å². The van der Waals surface area contributed by atoms with E-state index in [9.17, 15) is 10.1 Å². The molecule has 5 aromatic rings. The van der Waals surface area contributed by atoms with Gasteiger partial charge in [-0.15, -0.1) is 0 Å². The van der Waals surface area contributed by atoms with Gasteiger partial charge in [-0.25, -0.2) is 5.43 Å². The Morgan fingerprint density at radius 3 is 1.97 bits per heavy atom. The van der Waals surface area contributed by atoms with Gasteiger partial charge in [-0.05, 0) is 35.4 Å². The van der Waals surface area contributed by atoms with Gasteiger partial charge in [0.1, 0.15) is 23.6 Å². The van der Waals surface area contributed by atoms with E-state index in [0.29, 0.717) is 27.5 Å². The minimum absolute atomic E-state index is 0.270. The summed E-state index contributed by atoms with van der Waals surface area (Å²) in [6, 6.07) is 37.6. The Morgan fingerprint density at radius 2 is 1.37 bits per heavy atom. The topological polar surface area (TPSA) is 90.1 Å². The Hall–Kier alpha value is -4.83. The Labute approximate surface area is 225 Å². The first-order valence-corrected chi connectivity index (χ1v) is 12.3. The van der Waals surface area contributed by atoms with Crippen molar-refractivity contribution in [3.8, 4) is 28.5 Å². The molecular weight excluding hydrogens is 496 g/mol. The van der Waals surface area contributed by atoms with E-state index in [2.05, 4.69) is 22.2 Å². The molecular formula is C31H23ClN4O2. The second-order valence-electron chi connectivity index (χ2n) is 8.45. The van der Waals surface area contributed by atoms with Crippen LogP contribution in [0, 0.1) is 11.3 Å². The minimum atomic E-state index is -0.648. The molecule has 186 valence electrons. The van der Waals surface area contributed by atoms with Crippen LogP contribution in [0.5, 0.6) is 0 Å². The van der Waals surface area contributed by atoms with E-state index in [1.54, 1.807) is 36.4 Å². The molecule has 0 unspecified atom stereocenters. The van der Waals surface area contributed by atoms with Crippen LogP contribution in [0.2, 0.25) is 5.02 Å². The Morgan fingerprint density at radius 1 is 0.789 bits per heavy atom. The summed E-state index contributed by atoms with van der Waals surface area (Å²) in [5, 5.41) is 14.1. The number of amides is 1. The van der Waals surface area contributed by atoms with Gasteiger partial charge in [-0.2, -0.15) is 5.26 Å². The maximum Gasteiger partial charge on any atom is 0.265 e. The van der Waals surface area contributed by atoms with Crippen LogP contribution in [0.1, 0.15) is 27.7 Å². The van der Waals surface area contributed by atoms with Crippen LogP contribution in [0.3, 0.4) is 0 Å². The van der Waals surface area contributed by atoms with E-state index in [0.717, 1.165) is 16.7 Å². The summed E-state index contributed by atoms with van der Waals surface area (Å²) in [5.74, 6) is 0.534. The highest BCUT2D eigenvalue weighted by atomic mass is 35.5. The Balaban J connectivity index is 1.54. The number of rotatable bonds is 8. The molecule has 1 heterocycles. The highest BCUT2D eigenvalue weighted by Gasteiger charge is 2.25. The van der Waals surface area contributed by atoms with Gasteiger partial charge in [0.05, 0.1) is 0 Å². The molecule has 5 rings (SSSR count). The molecule has 3 N–H and O–H groups in total. The number of hydrogen-bond acceptors (Lipinski definition) is 5. The van der Waals surface area contributed by atoms with Crippen molar-refractivity contribution < 1.29 is 9.21 Å². The van der Waals surface area contributed by atoms with Crippen molar-refractivity contribution >= 4 is 23.4 Å². The van der Waals surface area contributed by atoms with Crippen molar-refractivity contribution in [2.24, 2.45) is 0 Å². The number of furan rings is 1. The molecule has 6 nitrogen and oxygen atoms in total. The third-order valence-corrected chi connectivity index (χ3v) is 6.22. The molecule has 0 radical (unpaired) electrons. The first kappa shape index (κ1) is 24.8. The number of hydrogen-bond donors (Lipinski definition) is 3. The second-order valence-corrected chi connectivity index (χ2v) is 8.88. The molecule has 0 saturated heterocycles. The van der Waals surface area contributed by atoms with Gasteiger partial charge in [0.15, 0.2) is 0 Å². The van der Waals surface area contributed by atoms with Gasteiger partial charge in [-0.3, -0.25) is 10.2 Å². The molecule has 38 heavy (non-hydrogen) atoms. The lowest BCUT2D eigenvalue weighted by Gasteiger charge is -2.21. The molecule has 0 aliphatic heterocycles. The van der Waals surface area contributed by atoms with Crippen LogP contribution < -0.4 is 16.2 Å². The number of nitrogens with one attached hydrogen (secondary N) is 3. The molecule has 0 fully saturated rings. The van der Waals surface area contributed by atoms with Crippen molar-refractivity contribution in [3.63, 3.8) is 0 Å². The number of nitrogens with zero attached hydrogens (tertiary/aromatic N) is 1. The second kappa shape index (κ2) is 11.5. The van der Waals surface area contributed by atoms with Crippen LogP contribution >= 0.6 is 11.6 Å². The summed E-state index contributed by atoms with van der Waals surface area (Å²) in [4.78, 5) is 12.7. The van der Waals surface area contributed by atoms with E-state index in [1.807, 2.05) is 78.9 Å². The van der Waals surface area contributed by atoms with Gasteiger partial charge >= 0.3 is 0 Å². The fraction of sp³-hybridized carbons (Fsp3) is 0.0323. The van der Waals surface area contributed by atoms with E-state index in [-0.39, 0.29) is 11.8 Å². The van der Waals surface area contributed by atoms with Crippen molar-refractivity contribution in [3.05, 3.63) is 137 Å². The number of carbonyl (C=O) groups excluding carboxylic acids is 1. The number of halogens is 1. The van der Waals surface area contributed by atoms with Crippen LogP contribution in [0.15, 0.2) is 120 Å². The zero-order valence-electron chi connectivity index (χ0n) is 20.2. The highest BCUT2D eigenvalue weighted by Crippen LogP contribution is 2.42. The standard InChI is InChI=1S/C31H23ClN4O2/c32-25-18-16-23(17-19-25)29(35-36-30(37)24-14-8-3-9-15-24)34-31-26(20-33)27(21-10-4-1-5-11-21)28(38-31)22-12-6-2-7-13-22/h1-19,29,34-35H,(H,36,37)/t29-/m1/s1. The summed E-state index contributed by atoms with van der Waals surface area (Å²) in [6.45, 7) is 0. The molecule has 0 saturated carbocycles. The van der Waals surface area contributed by atoms with Crippen molar-refractivity contribution in [1.82, 2.24) is 10.9 Å². The number of hydrazine groups is 1. The lowest BCUT2D eigenvalue weighted by atomic mass is 9.98. The van der Waals surface area contributed by atoms with Crippen LogP contribution in [0.25, 0.3) is 22.5 Å². The summed E-state index contributed by atoms with van der Waals surface area (Å²) in [5.41, 5.74) is 9.79. The zero-order valence-corrected chi connectivity index (χ0v) is 20.9. The molecule has 1 amide bonds. The van der Waals surface area contributed by atoms with Gasteiger partial charge in [0.25, 0.3) is 5.91 Å². The quantitative estimate of drug-likeness (QED) is 0.149. The number of benzene rings is 4. The number of anilines is 1. The molecule has 4 aromatic carbocycles. The van der Waals surface area contributed by atoms with Gasteiger partial charge < -0.3 is 9.73 Å². The first-order chi connectivity index (χ1) is 18.6. The maximum absolute atomic E-state index is 12.7. The lowest BCUT2D eigenvalue weighted by Crippen LogP contribution is -2.42. The minimum Gasteiger partial charge on any atom is -0.439 e. The molecule has 1 atom stereocenters. The van der Waals surface area contributed by atoms with Crippen LogP contribution in [-0.2, 0) is 0 Å². The number of nitriles is 1. The molecule has 0 bridgehead atoms. The number of carbonyl (C=O) groups is 1. The van der Waals surface area contributed by atoms with Crippen molar-refractivity contribution in [2.45, 2.75) is 6.17 Å². The van der Waals surface area contributed by atoms with E-state index in [4.69, 9.17) is 16.0 Å². The van der Waals surface area contributed by atoms with Crippen molar-refractivity contribution in [2.75, 3.05) is 5.32 Å². The molecule has 0 aliphatic carbocycles. The average Bonchev–Trinajstić information content (AvgIpc) is 3.35. The third kappa shape index (κ3) is 5.45. The predicted molar refractivity (Wildman–Crippen MR) is 149 cm³/mol. The Bertz CT molecular complexity index is 1560. The maximum atomic E-state index is 12.7. The van der Waals surface area contributed by atoms with Gasteiger partial charge in [-0.1, -0.05) is 103 Å². The summed E-state index contributed by atoms with van der Waals surface area (Å²) in [6.07, 6.45) is -0.648. The summed E-state index contributed by atoms with van der Waals surface area (Å²) < 4.78 is 6.33. The zero-order chi connectivity index (χ0) is 26.3. The molecule has 7 heteroatoms. The normalized spacial score (nSPS) is 11.4. The largest absolute Gasteiger partial charge is 0.439 e. The highest BCUT2D eigenvalue weighted by molar-refractivity contribution is 6.30. The fourth-order valence-electron chi connectivity index (χ4n) is 4.10. The summed E-state index contributed by atoms with van der Waals surface area (Å²) in [7, 11) is 0. The predicted octanol–water partition coefficient (Wildman–Crippen LogP) is 7.18. The lowest BCUT2D eigenvalue weighted by molar-refractivity contribution is 0.0927. The van der Waals surface area contributed by atoms with Gasteiger partial charge in [0.2, 0.25) is 5.88 Å². The molecule has 0 aliphatic rings. The molecule has 0 spiro atoms. The first-order valence-electron chi connectivity index (χ1n) is 11.9. The van der Waals surface area contributed by atoms with Crippen LogP contribution in [-0.4, -0.2) is 5.91 Å². The smallest absolute Gasteiger partial charge is 0.265 e. The van der Waals surface area contributed by atoms with Crippen LogP contribution in [0.4, 0.5) is 5.88 Å². The fourth-order valence-corrected chi connectivity index (χ4v) is 4.23. The average molecular weight is 519 g/mol. The molecule has 1 aromatic heterocycles. The monoisotopic (exact) mass is 518 g/mol. The van der Waals surface area contributed by atoms with Crippen molar-refractivity contribution in [1.29, 1.82) is 5.26 Å². The van der Waals surface area contributed by atoms with E-state index < -0.39 is 6.17 Å². The third-order valence-electron chi connectivity index (χ3n) is 5.96. The summed E-state index contributed by atoms with van der Waals surface area (Å²) >= 11 is 6.12. The van der Waals surface area contributed by atoms with E-state index in [1.165, 1.54) is 0 Å².